The van der Waals surface area contributed by atoms with Gasteiger partial charge in [-0.1, -0.05) is 11.6 Å². The van der Waals surface area contributed by atoms with Crippen molar-refractivity contribution in [2.75, 3.05) is 19.5 Å². The van der Waals surface area contributed by atoms with Crippen molar-refractivity contribution in [2.45, 2.75) is 4.90 Å². The topological polar surface area (TPSA) is 52.6 Å². The zero-order chi connectivity index (χ0) is 11.1. The van der Waals surface area contributed by atoms with E-state index in [0.717, 1.165) is 6.26 Å². The lowest BCUT2D eigenvalue weighted by molar-refractivity contribution is 0.171. The van der Waals surface area contributed by atoms with Crippen molar-refractivity contribution in [2.24, 2.45) is 0 Å². The number of halogens is 1. The number of hydrogen-bond acceptors (Lipinski definition) is 4. The van der Waals surface area contributed by atoms with Crippen molar-refractivity contribution in [3.05, 3.63) is 17.2 Å². The van der Waals surface area contributed by atoms with Crippen LogP contribution in [0.15, 0.2) is 17.0 Å². The van der Waals surface area contributed by atoms with Crippen LogP contribution in [0.4, 0.5) is 0 Å². The summed E-state index contributed by atoms with van der Waals surface area (Å²) in [5, 5.41) is 0.257. The molecule has 0 atom stereocenters. The van der Waals surface area contributed by atoms with Gasteiger partial charge in [0.05, 0.1) is 9.92 Å². The fourth-order valence-electron chi connectivity index (χ4n) is 1.30. The van der Waals surface area contributed by atoms with Gasteiger partial charge in [-0.15, -0.1) is 0 Å². The molecule has 0 fully saturated rings. The average Bonchev–Trinajstić information content (AvgIpc) is 2.16. The fourth-order valence-corrected chi connectivity index (χ4v) is 2.28. The van der Waals surface area contributed by atoms with Crippen LogP contribution >= 0.6 is 11.6 Å². The minimum atomic E-state index is -3.28. The molecule has 0 amide bonds. The summed E-state index contributed by atoms with van der Waals surface area (Å²) in [6, 6.07) is 2.79. The molecule has 15 heavy (non-hydrogen) atoms. The van der Waals surface area contributed by atoms with Gasteiger partial charge in [-0.3, -0.25) is 0 Å². The van der Waals surface area contributed by atoms with E-state index in [1.807, 2.05) is 0 Å². The molecule has 1 aromatic carbocycles. The van der Waals surface area contributed by atoms with E-state index in [1.165, 1.54) is 12.1 Å². The Bertz CT molecular complexity index is 495. The third-order valence-electron chi connectivity index (χ3n) is 2.00. The quantitative estimate of drug-likeness (QED) is 0.756. The SMILES string of the molecule is CS(=O)(=O)c1cc(Cl)c2c(c1)OCCO2. The molecule has 0 N–H and O–H groups in total. The summed E-state index contributed by atoms with van der Waals surface area (Å²) in [5.41, 5.74) is 0. The van der Waals surface area contributed by atoms with Crippen molar-refractivity contribution in [1.82, 2.24) is 0 Å². The third kappa shape index (κ3) is 2.03. The Kier molecular flexibility index (Phi) is 2.52. The molecule has 0 spiro atoms. The molecule has 0 saturated heterocycles. The van der Waals surface area contributed by atoms with Gasteiger partial charge < -0.3 is 9.47 Å². The first-order valence-electron chi connectivity index (χ1n) is 4.27. The fraction of sp³-hybridized carbons (Fsp3) is 0.333. The molecule has 0 aliphatic carbocycles. The Morgan fingerprint density at radius 3 is 2.60 bits per heavy atom. The average molecular weight is 249 g/mol. The van der Waals surface area contributed by atoms with Crippen LogP contribution in [0.5, 0.6) is 11.5 Å². The maximum absolute atomic E-state index is 11.3. The van der Waals surface area contributed by atoms with Crippen LogP contribution in [0.3, 0.4) is 0 Å². The summed E-state index contributed by atoms with van der Waals surface area (Å²) in [4.78, 5) is 0.136. The van der Waals surface area contributed by atoms with Crippen molar-refractivity contribution < 1.29 is 17.9 Å². The van der Waals surface area contributed by atoms with Crippen LogP contribution in [0, 0.1) is 0 Å². The maximum Gasteiger partial charge on any atom is 0.179 e. The van der Waals surface area contributed by atoms with E-state index in [0.29, 0.717) is 24.7 Å². The van der Waals surface area contributed by atoms with Crippen molar-refractivity contribution >= 4 is 21.4 Å². The number of hydrogen-bond donors (Lipinski definition) is 0. The molecule has 1 aromatic rings. The van der Waals surface area contributed by atoms with Crippen LogP contribution in [0.25, 0.3) is 0 Å². The molecule has 6 heteroatoms. The molecule has 4 nitrogen and oxygen atoms in total. The van der Waals surface area contributed by atoms with Crippen LogP contribution in [0.2, 0.25) is 5.02 Å². The van der Waals surface area contributed by atoms with Gasteiger partial charge in [0.25, 0.3) is 0 Å². The van der Waals surface area contributed by atoms with E-state index in [2.05, 4.69) is 0 Å². The Morgan fingerprint density at radius 1 is 1.27 bits per heavy atom. The second kappa shape index (κ2) is 3.57. The molecule has 82 valence electrons. The summed E-state index contributed by atoms with van der Waals surface area (Å²) in [6.07, 6.45) is 1.12. The summed E-state index contributed by atoms with van der Waals surface area (Å²) in [5.74, 6) is 0.796. The molecule has 1 heterocycles. The summed E-state index contributed by atoms with van der Waals surface area (Å²) in [7, 11) is -3.28. The van der Waals surface area contributed by atoms with Gasteiger partial charge >= 0.3 is 0 Å². The molecule has 0 saturated carbocycles. The zero-order valence-electron chi connectivity index (χ0n) is 7.99. The molecule has 0 radical (unpaired) electrons. The highest BCUT2D eigenvalue weighted by Crippen LogP contribution is 2.39. The molecule has 0 unspecified atom stereocenters. The van der Waals surface area contributed by atoms with Gasteiger partial charge in [-0.05, 0) is 6.07 Å². The molecular formula is C9H9ClO4S. The number of benzene rings is 1. The molecule has 0 bridgehead atoms. The van der Waals surface area contributed by atoms with E-state index < -0.39 is 9.84 Å². The molecule has 0 aromatic heterocycles. The zero-order valence-corrected chi connectivity index (χ0v) is 9.56. The normalized spacial score (nSPS) is 15.1. The Labute approximate surface area is 92.7 Å². The van der Waals surface area contributed by atoms with Crippen molar-refractivity contribution in [3.8, 4) is 11.5 Å². The summed E-state index contributed by atoms with van der Waals surface area (Å²) in [6.45, 7) is 0.821. The second-order valence-corrected chi connectivity index (χ2v) is 5.62. The van der Waals surface area contributed by atoms with E-state index >= 15 is 0 Å². The third-order valence-corrected chi connectivity index (χ3v) is 3.37. The van der Waals surface area contributed by atoms with E-state index in [1.54, 1.807) is 0 Å². The van der Waals surface area contributed by atoms with E-state index in [4.69, 9.17) is 21.1 Å². The van der Waals surface area contributed by atoms with Gasteiger partial charge in [-0.2, -0.15) is 0 Å². The lowest BCUT2D eigenvalue weighted by Gasteiger charge is -2.19. The van der Waals surface area contributed by atoms with Gasteiger partial charge in [0.2, 0.25) is 0 Å². The van der Waals surface area contributed by atoms with Crippen molar-refractivity contribution in [3.63, 3.8) is 0 Å². The minimum Gasteiger partial charge on any atom is -0.486 e. The smallest absolute Gasteiger partial charge is 0.179 e. The van der Waals surface area contributed by atoms with Crippen LogP contribution in [-0.4, -0.2) is 27.9 Å². The van der Waals surface area contributed by atoms with Gasteiger partial charge in [0, 0.05) is 12.3 Å². The monoisotopic (exact) mass is 248 g/mol. The highest BCUT2D eigenvalue weighted by Gasteiger charge is 2.19. The predicted molar refractivity (Wildman–Crippen MR) is 55.6 cm³/mol. The highest BCUT2D eigenvalue weighted by molar-refractivity contribution is 7.90. The number of fused-ring (bicyclic) bond motifs is 1. The standard InChI is InChI=1S/C9H9ClO4S/c1-15(11,12)6-4-7(10)9-8(5-6)13-2-3-14-9/h4-5H,2-3H2,1H3. The van der Waals surface area contributed by atoms with Gasteiger partial charge in [0.1, 0.15) is 13.2 Å². The van der Waals surface area contributed by atoms with Crippen LogP contribution < -0.4 is 9.47 Å². The number of sulfone groups is 1. The van der Waals surface area contributed by atoms with Crippen LogP contribution in [-0.2, 0) is 9.84 Å². The first-order chi connectivity index (χ1) is 6.98. The molecule has 1 aliphatic rings. The largest absolute Gasteiger partial charge is 0.486 e. The first kappa shape index (κ1) is 10.6. The predicted octanol–water partition coefficient (Wildman–Crippen LogP) is 1.51. The molecule has 1 aliphatic heterocycles. The maximum atomic E-state index is 11.3. The second-order valence-electron chi connectivity index (χ2n) is 3.20. The minimum absolute atomic E-state index is 0.136. The highest BCUT2D eigenvalue weighted by atomic mass is 35.5. The molecular weight excluding hydrogens is 240 g/mol. The Morgan fingerprint density at radius 2 is 1.93 bits per heavy atom. The molecule has 2 rings (SSSR count). The van der Waals surface area contributed by atoms with Gasteiger partial charge in [0.15, 0.2) is 21.3 Å². The summed E-state index contributed by atoms with van der Waals surface area (Å²) >= 11 is 5.88. The van der Waals surface area contributed by atoms with E-state index in [-0.39, 0.29) is 9.92 Å². The number of ether oxygens (including phenoxy) is 2. The lowest BCUT2D eigenvalue weighted by atomic mass is 10.3. The summed E-state index contributed by atoms with van der Waals surface area (Å²) < 4.78 is 33.2. The lowest BCUT2D eigenvalue weighted by Crippen LogP contribution is -2.16. The van der Waals surface area contributed by atoms with Crippen LogP contribution in [0.1, 0.15) is 0 Å². The van der Waals surface area contributed by atoms with Gasteiger partial charge in [-0.25, -0.2) is 8.42 Å². The Hall–Kier alpha value is -0.940. The van der Waals surface area contributed by atoms with E-state index in [9.17, 15) is 8.42 Å². The first-order valence-corrected chi connectivity index (χ1v) is 6.54. The Balaban J connectivity index is 2.60. The number of rotatable bonds is 1. The van der Waals surface area contributed by atoms with Crippen molar-refractivity contribution in [1.29, 1.82) is 0 Å².